The number of carbonyl (C=O) groups is 3. The van der Waals surface area contributed by atoms with Crippen molar-refractivity contribution in [3.63, 3.8) is 0 Å². The van der Waals surface area contributed by atoms with E-state index in [1.54, 1.807) is 27.9 Å². The molecule has 31 heavy (non-hydrogen) atoms. The number of hydrogen-bond acceptors (Lipinski definition) is 8. The zero-order chi connectivity index (χ0) is 23.3. The summed E-state index contributed by atoms with van der Waals surface area (Å²) in [5.74, 6) is -1.96. The molecular weight excluding hydrogens is 457 g/mol. The standard InChI is InChI=1S/C18H19F3N4O4S2/c1-5-29-16(28)12-9(2)13(15(27)25(3)4)31-14(12)24-11(26)8-30-17-22-7-6-10(23-17)18(19,20)21/h6-7H,5,8H2,1-4H3,(H,24,26). The van der Waals surface area contributed by atoms with E-state index in [0.29, 0.717) is 17.3 Å². The lowest BCUT2D eigenvalue weighted by Gasteiger charge is -2.09. The quantitative estimate of drug-likeness (QED) is 0.371. The molecule has 2 heterocycles. The van der Waals surface area contributed by atoms with E-state index in [2.05, 4.69) is 15.3 Å². The van der Waals surface area contributed by atoms with Crippen LogP contribution in [0.2, 0.25) is 0 Å². The van der Waals surface area contributed by atoms with E-state index in [0.717, 1.165) is 23.6 Å². The first-order valence-corrected chi connectivity index (χ1v) is 10.6. The minimum atomic E-state index is -4.63. The molecule has 0 unspecified atom stereocenters. The summed E-state index contributed by atoms with van der Waals surface area (Å²) < 4.78 is 43.3. The Bertz CT molecular complexity index is 993. The maximum Gasteiger partial charge on any atom is 0.433 e. The zero-order valence-electron chi connectivity index (χ0n) is 17.0. The summed E-state index contributed by atoms with van der Waals surface area (Å²) in [6, 6.07) is 0.730. The number of hydrogen-bond donors (Lipinski definition) is 1. The minimum Gasteiger partial charge on any atom is -0.462 e. The number of thioether (sulfide) groups is 1. The van der Waals surface area contributed by atoms with Crippen molar-refractivity contribution in [3.05, 3.63) is 34.0 Å². The van der Waals surface area contributed by atoms with E-state index < -0.39 is 23.7 Å². The molecule has 0 aliphatic heterocycles. The number of nitrogens with zero attached hydrogens (tertiary/aromatic N) is 3. The fourth-order valence-corrected chi connectivity index (χ4v) is 4.18. The maximum atomic E-state index is 12.7. The summed E-state index contributed by atoms with van der Waals surface area (Å²) in [6.07, 6.45) is -3.67. The average Bonchev–Trinajstić information content (AvgIpc) is 3.01. The monoisotopic (exact) mass is 476 g/mol. The van der Waals surface area contributed by atoms with Crippen LogP contribution in [0.4, 0.5) is 18.2 Å². The molecule has 13 heteroatoms. The van der Waals surface area contributed by atoms with E-state index in [1.165, 1.54) is 4.90 Å². The van der Waals surface area contributed by atoms with Gasteiger partial charge < -0.3 is 15.0 Å². The number of aromatic nitrogens is 2. The molecule has 0 atom stereocenters. The molecule has 8 nitrogen and oxygen atoms in total. The second-order valence-corrected chi connectivity index (χ2v) is 8.20. The summed E-state index contributed by atoms with van der Waals surface area (Å²) in [7, 11) is 3.10. The Labute approximate surface area is 184 Å². The smallest absolute Gasteiger partial charge is 0.433 e. The zero-order valence-corrected chi connectivity index (χ0v) is 18.6. The van der Waals surface area contributed by atoms with E-state index in [-0.39, 0.29) is 38.9 Å². The van der Waals surface area contributed by atoms with Gasteiger partial charge in [0.25, 0.3) is 5.91 Å². The van der Waals surface area contributed by atoms with Crippen molar-refractivity contribution in [3.8, 4) is 0 Å². The van der Waals surface area contributed by atoms with Gasteiger partial charge in [-0.25, -0.2) is 14.8 Å². The highest BCUT2D eigenvalue weighted by Crippen LogP contribution is 2.35. The van der Waals surface area contributed by atoms with Crippen LogP contribution in [0.25, 0.3) is 0 Å². The molecule has 2 rings (SSSR count). The van der Waals surface area contributed by atoms with E-state index in [4.69, 9.17) is 4.74 Å². The maximum absolute atomic E-state index is 12.7. The number of carbonyl (C=O) groups excluding carboxylic acids is 3. The normalized spacial score (nSPS) is 11.2. The highest BCUT2D eigenvalue weighted by Gasteiger charge is 2.33. The molecular formula is C18H19F3N4O4S2. The van der Waals surface area contributed by atoms with Gasteiger partial charge in [-0.05, 0) is 25.5 Å². The van der Waals surface area contributed by atoms with Crippen molar-refractivity contribution < 1.29 is 32.3 Å². The van der Waals surface area contributed by atoms with Crippen LogP contribution in [0.15, 0.2) is 17.4 Å². The van der Waals surface area contributed by atoms with E-state index in [9.17, 15) is 27.6 Å². The predicted molar refractivity (Wildman–Crippen MR) is 109 cm³/mol. The molecule has 0 aromatic carbocycles. The first kappa shape index (κ1) is 24.6. The van der Waals surface area contributed by atoms with Gasteiger partial charge in [-0.3, -0.25) is 9.59 Å². The van der Waals surface area contributed by atoms with Gasteiger partial charge in [-0.2, -0.15) is 13.2 Å². The Balaban J connectivity index is 2.21. The molecule has 0 fully saturated rings. The van der Waals surface area contributed by atoms with Gasteiger partial charge in [0, 0.05) is 20.3 Å². The lowest BCUT2D eigenvalue weighted by atomic mass is 10.1. The fraction of sp³-hybridized carbons (Fsp3) is 0.389. The second-order valence-electron chi connectivity index (χ2n) is 6.24. The Kier molecular flexibility index (Phi) is 8.01. The molecule has 168 valence electrons. The third-order valence-electron chi connectivity index (χ3n) is 3.74. The van der Waals surface area contributed by atoms with Crippen LogP contribution in [-0.4, -0.2) is 59.1 Å². The minimum absolute atomic E-state index is 0.0609. The largest absolute Gasteiger partial charge is 0.462 e. The first-order chi connectivity index (χ1) is 14.5. The number of nitrogens with one attached hydrogen (secondary N) is 1. The van der Waals surface area contributed by atoms with Gasteiger partial charge in [0.2, 0.25) is 5.91 Å². The Morgan fingerprint density at radius 3 is 2.55 bits per heavy atom. The molecule has 0 saturated heterocycles. The second kappa shape index (κ2) is 10.1. The molecule has 2 aromatic heterocycles. The number of rotatable bonds is 7. The number of thiophene rings is 1. The Morgan fingerprint density at radius 2 is 1.97 bits per heavy atom. The lowest BCUT2D eigenvalue weighted by molar-refractivity contribution is -0.141. The van der Waals surface area contributed by atoms with E-state index >= 15 is 0 Å². The number of amides is 2. The van der Waals surface area contributed by atoms with Crippen LogP contribution in [-0.2, 0) is 15.7 Å². The first-order valence-electron chi connectivity index (χ1n) is 8.80. The predicted octanol–water partition coefficient (Wildman–Crippen LogP) is 3.47. The number of halogens is 3. The van der Waals surface area contributed by atoms with Crippen molar-refractivity contribution in [2.75, 3.05) is 31.8 Å². The SMILES string of the molecule is CCOC(=O)c1c(NC(=O)CSc2nccc(C(F)(F)F)n2)sc(C(=O)N(C)C)c1C. The summed E-state index contributed by atoms with van der Waals surface area (Å²) in [5, 5.41) is 2.43. The van der Waals surface area contributed by atoms with Crippen molar-refractivity contribution in [1.29, 1.82) is 0 Å². The van der Waals surface area contributed by atoms with Gasteiger partial charge in [0.05, 0.1) is 22.8 Å². The van der Waals surface area contributed by atoms with Crippen LogP contribution < -0.4 is 5.32 Å². The van der Waals surface area contributed by atoms with Crippen molar-refractivity contribution in [2.24, 2.45) is 0 Å². The molecule has 0 bridgehead atoms. The van der Waals surface area contributed by atoms with Crippen LogP contribution in [0.1, 0.15) is 38.2 Å². The number of esters is 1. The summed E-state index contributed by atoms with van der Waals surface area (Å²) in [4.78, 5) is 45.8. The number of alkyl halides is 3. The van der Waals surface area contributed by atoms with Gasteiger partial charge in [0.1, 0.15) is 10.7 Å². The molecule has 1 N–H and O–H groups in total. The molecule has 0 radical (unpaired) electrons. The topological polar surface area (TPSA) is 101 Å². The summed E-state index contributed by atoms with van der Waals surface area (Å²) in [6.45, 7) is 3.29. The molecule has 0 aliphatic rings. The third-order valence-corrected chi connectivity index (χ3v) is 5.79. The third kappa shape index (κ3) is 6.17. The molecule has 2 amide bonds. The van der Waals surface area contributed by atoms with Gasteiger partial charge in [0.15, 0.2) is 5.16 Å². The number of anilines is 1. The average molecular weight is 477 g/mol. The Morgan fingerprint density at radius 1 is 1.29 bits per heavy atom. The van der Waals surface area contributed by atoms with Crippen LogP contribution >= 0.6 is 23.1 Å². The lowest BCUT2D eigenvalue weighted by Crippen LogP contribution is -2.21. The fourth-order valence-electron chi connectivity index (χ4n) is 2.32. The van der Waals surface area contributed by atoms with Gasteiger partial charge in [-0.1, -0.05) is 11.8 Å². The van der Waals surface area contributed by atoms with Crippen LogP contribution in [0, 0.1) is 6.92 Å². The van der Waals surface area contributed by atoms with Crippen molar-refractivity contribution in [1.82, 2.24) is 14.9 Å². The number of ether oxygens (including phenoxy) is 1. The van der Waals surface area contributed by atoms with Crippen LogP contribution in [0.5, 0.6) is 0 Å². The molecule has 0 saturated carbocycles. The Hall–Kier alpha value is -2.67. The van der Waals surface area contributed by atoms with Crippen molar-refractivity contribution >= 4 is 45.9 Å². The molecule has 2 aromatic rings. The van der Waals surface area contributed by atoms with Gasteiger partial charge >= 0.3 is 12.1 Å². The van der Waals surface area contributed by atoms with Gasteiger partial charge in [-0.15, -0.1) is 11.3 Å². The molecule has 0 aliphatic carbocycles. The highest BCUT2D eigenvalue weighted by molar-refractivity contribution is 7.99. The summed E-state index contributed by atoms with van der Waals surface area (Å²) >= 11 is 1.62. The molecule has 0 spiro atoms. The highest BCUT2D eigenvalue weighted by atomic mass is 32.2. The van der Waals surface area contributed by atoms with Crippen molar-refractivity contribution in [2.45, 2.75) is 25.2 Å². The van der Waals surface area contributed by atoms with Crippen LogP contribution in [0.3, 0.4) is 0 Å². The summed E-state index contributed by atoms with van der Waals surface area (Å²) in [5.41, 5.74) is -0.687. The van der Waals surface area contributed by atoms with E-state index in [1.807, 2.05) is 0 Å².